The van der Waals surface area contributed by atoms with Gasteiger partial charge in [-0.1, -0.05) is 6.07 Å². The van der Waals surface area contributed by atoms with Gasteiger partial charge in [-0.15, -0.1) is 0 Å². The topological polar surface area (TPSA) is 63.1 Å². The lowest BCUT2D eigenvalue weighted by Crippen LogP contribution is -2.48. The molecule has 0 saturated heterocycles. The molecule has 1 heterocycles. The van der Waals surface area contributed by atoms with Gasteiger partial charge in [-0.3, -0.25) is 9.59 Å². The van der Waals surface area contributed by atoms with Crippen LogP contribution in [-0.4, -0.2) is 27.5 Å². The molecule has 0 saturated carbocycles. The minimum atomic E-state index is -5.04. The van der Waals surface area contributed by atoms with E-state index < -0.39 is 45.9 Å². The van der Waals surface area contributed by atoms with Crippen molar-refractivity contribution >= 4 is 22.7 Å². The molecule has 0 spiro atoms. The highest BCUT2D eigenvalue weighted by atomic mass is 19.4. The highest BCUT2D eigenvalue weighted by Gasteiger charge is 2.38. The van der Waals surface area contributed by atoms with Crippen LogP contribution >= 0.6 is 0 Å². The number of carbonyl (C=O) groups is 2. The average molecular weight is 598 g/mol. The van der Waals surface area contributed by atoms with Crippen molar-refractivity contribution in [2.24, 2.45) is 0 Å². The van der Waals surface area contributed by atoms with Crippen molar-refractivity contribution in [3.63, 3.8) is 0 Å². The van der Waals surface area contributed by atoms with Gasteiger partial charge in [0.25, 0.3) is 0 Å². The molecule has 0 bridgehead atoms. The lowest BCUT2D eigenvalue weighted by molar-refractivity contribution is -0.143. The van der Waals surface area contributed by atoms with Crippen LogP contribution in [0.1, 0.15) is 77.6 Å². The quantitative estimate of drug-likeness (QED) is 0.295. The van der Waals surface area contributed by atoms with Crippen LogP contribution in [0.2, 0.25) is 0 Å². The van der Waals surface area contributed by atoms with Crippen molar-refractivity contribution in [2.75, 3.05) is 0 Å². The molecule has 0 radical (unpaired) electrons. The Morgan fingerprint density at radius 3 is 1.67 bits per heavy atom. The zero-order valence-corrected chi connectivity index (χ0v) is 25.2. The fourth-order valence-electron chi connectivity index (χ4n) is 4.77. The normalized spacial score (nSPS) is 13.4. The number of fused-ring (bicyclic) bond motifs is 1. The second kappa shape index (κ2) is 10.6. The van der Waals surface area contributed by atoms with E-state index in [0.717, 1.165) is 0 Å². The number of amides is 2. The fourth-order valence-corrected chi connectivity index (χ4v) is 4.77. The van der Waals surface area contributed by atoms with Gasteiger partial charge < -0.3 is 15.2 Å². The molecule has 2 aromatic carbocycles. The van der Waals surface area contributed by atoms with Gasteiger partial charge in [0, 0.05) is 22.0 Å². The van der Waals surface area contributed by atoms with Crippen LogP contribution in [0.4, 0.5) is 26.3 Å². The molecule has 2 N–H and O–H groups in total. The molecule has 42 heavy (non-hydrogen) atoms. The third-order valence-corrected chi connectivity index (χ3v) is 6.77. The van der Waals surface area contributed by atoms with E-state index in [-0.39, 0.29) is 29.8 Å². The molecule has 0 unspecified atom stereocenters. The van der Waals surface area contributed by atoms with Gasteiger partial charge in [-0.2, -0.15) is 26.3 Å². The summed E-state index contributed by atoms with van der Waals surface area (Å²) in [5.41, 5.74) is -3.99. The third kappa shape index (κ3) is 7.28. The van der Waals surface area contributed by atoms with E-state index in [1.807, 2.05) is 20.8 Å². The van der Waals surface area contributed by atoms with E-state index >= 15 is 0 Å². The molecular formula is C31H37F6N3O2. The molecule has 0 fully saturated rings. The molecule has 0 aliphatic carbocycles. The molecule has 1 aromatic heterocycles. The van der Waals surface area contributed by atoms with E-state index in [2.05, 4.69) is 10.6 Å². The third-order valence-electron chi connectivity index (χ3n) is 6.77. The van der Waals surface area contributed by atoms with Crippen molar-refractivity contribution in [2.45, 2.75) is 97.7 Å². The molecule has 3 aromatic rings. The number of aryl methyl sites for hydroxylation is 1. The molecule has 230 valence electrons. The highest BCUT2D eigenvalue weighted by Crippen LogP contribution is 2.42. The number of rotatable bonds is 5. The summed E-state index contributed by atoms with van der Waals surface area (Å²) in [4.78, 5) is 26.2. The zero-order chi connectivity index (χ0) is 32.2. The summed E-state index contributed by atoms with van der Waals surface area (Å²) < 4.78 is 84.0. The molecule has 11 heteroatoms. The highest BCUT2D eigenvalue weighted by molar-refractivity contribution is 5.96. The van der Waals surface area contributed by atoms with Crippen LogP contribution in [0.5, 0.6) is 0 Å². The Morgan fingerprint density at radius 1 is 0.714 bits per heavy atom. The van der Waals surface area contributed by atoms with Gasteiger partial charge in [0.15, 0.2) is 0 Å². The van der Waals surface area contributed by atoms with Crippen molar-refractivity contribution in [3.8, 4) is 11.3 Å². The Kier molecular flexibility index (Phi) is 8.37. The standard InChI is InChI=1S/C31H37F6N3O2/c1-17-22-15-19(29(8,9)26(42)39-28(5,6)7)10-11-23(22)40(16-24(41)38-27(2,3)4)25(17)18-12-20(30(32,33)34)14-21(13-18)31(35,36)37/h10-15H,16H2,1-9H3,(H,38,41)(H,39,42). The average Bonchev–Trinajstić information content (AvgIpc) is 3.06. The molecule has 0 aliphatic rings. The first-order chi connectivity index (χ1) is 18.8. The summed E-state index contributed by atoms with van der Waals surface area (Å²) in [5.74, 6) is -0.735. The Hall–Kier alpha value is -3.50. The molecular weight excluding hydrogens is 560 g/mol. The van der Waals surface area contributed by atoms with Crippen LogP contribution in [0.25, 0.3) is 22.2 Å². The van der Waals surface area contributed by atoms with E-state index in [1.165, 1.54) is 4.57 Å². The van der Waals surface area contributed by atoms with E-state index in [0.29, 0.717) is 34.2 Å². The molecule has 3 rings (SSSR count). The fraction of sp³-hybridized carbons (Fsp3) is 0.484. The number of hydrogen-bond donors (Lipinski definition) is 2. The largest absolute Gasteiger partial charge is 0.416 e. The summed E-state index contributed by atoms with van der Waals surface area (Å²) in [6.07, 6.45) is -10.1. The van der Waals surface area contributed by atoms with Crippen molar-refractivity contribution in [1.82, 2.24) is 15.2 Å². The van der Waals surface area contributed by atoms with Crippen LogP contribution in [0, 0.1) is 6.92 Å². The second-order valence-corrected chi connectivity index (χ2v) is 13.2. The predicted molar refractivity (Wildman–Crippen MR) is 151 cm³/mol. The lowest BCUT2D eigenvalue weighted by atomic mass is 9.82. The first kappa shape index (κ1) is 33.0. The molecule has 0 atom stereocenters. The summed E-state index contributed by atoms with van der Waals surface area (Å²) in [6.45, 7) is 15.5. The number of halogens is 6. The van der Waals surface area contributed by atoms with E-state index in [1.54, 1.807) is 59.7 Å². The number of alkyl halides is 6. The smallest absolute Gasteiger partial charge is 0.351 e. The van der Waals surface area contributed by atoms with Crippen LogP contribution < -0.4 is 10.6 Å². The molecule has 5 nitrogen and oxygen atoms in total. The summed E-state index contributed by atoms with van der Waals surface area (Å²) in [7, 11) is 0. The number of benzene rings is 2. The maximum Gasteiger partial charge on any atom is 0.416 e. The number of carbonyl (C=O) groups excluding carboxylic acids is 2. The minimum absolute atomic E-state index is 0.0414. The van der Waals surface area contributed by atoms with Gasteiger partial charge >= 0.3 is 12.4 Å². The summed E-state index contributed by atoms with van der Waals surface area (Å²) in [5, 5.41) is 6.23. The van der Waals surface area contributed by atoms with Gasteiger partial charge in [0.2, 0.25) is 11.8 Å². The Morgan fingerprint density at radius 2 is 1.21 bits per heavy atom. The monoisotopic (exact) mass is 597 g/mol. The van der Waals surface area contributed by atoms with Crippen LogP contribution in [-0.2, 0) is 33.9 Å². The number of hydrogen-bond acceptors (Lipinski definition) is 2. The SMILES string of the molecule is Cc1c(-c2cc(C(F)(F)F)cc(C(F)(F)F)c2)n(CC(=O)NC(C)(C)C)c2ccc(C(C)(C)C(=O)NC(C)(C)C)cc12. The van der Waals surface area contributed by atoms with Gasteiger partial charge in [0.05, 0.1) is 22.2 Å². The van der Waals surface area contributed by atoms with E-state index in [9.17, 15) is 35.9 Å². The van der Waals surface area contributed by atoms with Gasteiger partial charge in [-0.25, -0.2) is 0 Å². The Bertz CT molecular complexity index is 1480. The maximum atomic E-state index is 13.8. The summed E-state index contributed by atoms with van der Waals surface area (Å²) >= 11 is 0. The van der Waals surface area contributed by atoms with Gasteiger partial charge in [0.1, 0.15) is 6.54 Å². The Balaban J connectivity index is 2.35. The number of nitrogens with zero attached hydrogens (tertiary/aromatic N) is 1. The maximum absolute atomic E-state index is 13.8. The first-order valence-corrected chi connectivity index (χ1v) is 13.4. The second-order valence-electron chi connectivity index (χ2n) is 13.2. The molecule has 2 amide bonds. The van der Waals surface area contributed by atoms with Gasteiger partial charge in [-0.05, 0) is 109 Å². The van der Waals surface area contributed by atoms with Crippen LogP contribution in [0.3, 0.4) is 0 Å². The van der Waals surface area contributed by atoms with Crippen molar-refractivity contribution in [1.29, 1.82) is 0 Å². The zero-order valence-electron chi connectivity index (χ0n) is 25.2. The minimum Gasteiger partial charge on any atom is -0.351 e. The van der Waals surface area contributed by atoms with Crippen LogP contribution in [0.15, 0.2) is 36.4 Å². The van der Waals surface area contributed by atoms with E-state index in [4.69, 9.17) is 0 Å². The first-order valence-electron chi connectivity index (χ1n) is 13.4. The molecule has 0 aliphatic heterocycles. The Labute approximate surface area is 241 Å². The van der Waals surface area contributed by atoms with Crippen molar-refractivity contribution < 1.29 is 35.9 Å². The predicted octanol–water partition coefficient (Wildman–Crippen LogP) is 7.76. The lowest BCUT2D eigenvalue weighted by Gasteiger charge is -2.30. The van der Waals surface area contributed by atoms with Crippen molar-refractivity contribution in [3.05, 3.63) is 58.7 Å². The number of nitrogens with one attached hydrogen (secondary N) is 2. The summed E-state index contributed by atoms with van der Waals surface area (Å²) in [6, 6.07) is 6.42. The number of aromatic nitrogens is 1.